The van der Waals surface area contributed by atoms with Crippen molar-refractivity contribution in [3.8, 4) is 22.8 Å². The van der Waals surface area contributed by atoms with Crippen LogP contribution in [0.25, 0.3) is 17.1 Å². The first-order valence-corrected chi connectivity index (χ1v) is 10.8. The van der Waals surface area contributed by atoms with E-state index in [-0.39, 0.29) is 28.9 Å². The molecule has 0 bridgehead atoms. The van der Waals surface area contributed by atoms with Gasteiger partial charge in [-0.1, -0.05) is 17.3 Å². The Bertz CT molecular complexity index is 1350. The number of benzene rings is 1. The Hall–Kier alpha value is -4.22. The zero-order valence-corrected chi connectivity index (χ0v) is 18.4. The van der Waals surface area contributed by atoms with Gasteiger partial charge in [-0.2, -0.15) is 10.1 Å². The van der Waals surface area contributed by atoms with E-state index in [1.54, 1.807) is 53.2 Å². The lowest BCUT2D eigenvalue weighted by molar-refractivity contribution is -0.274. The van der Waals surface area contributed by atoms with Gasteiger partial charge in [-0.25, -0.2) is 9.67 Å². The van der Waals surface area contributed by atoms with E-state index in [1.165, 1.54) is 18.2 Å². The minimum atomic E-state index is -4.87. The van der Waals surface area contributed by atoms with Gasteiger partial charge >= 0.3 is 6.36 Å². The molecule has 3 aromatic heterocycles. The number of hydrogen-bond acceptors (Lipinski definition) is 7. The zero-order chi connectivity index (χ0) is 24.6. The van der Waals surface area contributed by atoms with Gasteiger partial charge in [0.15, 0.2) is 5.69 Å². The van der Waals surface area contributed by atoms with Crippen molar-refractivity contribution >= 4 is 5.91 Å². The second-order valence-electron chi connectivity index (χ2n) is 7.93. The lowest BCUT2D eigenvalue weighted by Crippen LogP contribution is -2.32. The predicted molar refractivity (Wildman–Crippen MR) is 116 cm³/mol. The smallest absolute Gasteiger partial charge is 0.405 e. The molecule has 1 amide bonds. The molecule has 0 N–H and O–H groups in total. The molecule has 180 valence electrons. The van der Waals surface area contributed by atoms with Crippen LogP contribution in [0.15, 0.2) is 59.4 Å². The molecule has 9 nitrogen and oxygen atoms in total. The number of aryl methyl sites for hydroxylation is 1. The molecule has 1 atom stereocenters. The van der Waals surface area contributed by atoms with Crippen molar-refractivity contribution < 1.29 is 27.2 Å². The normalized spacial score (nSPS) is 16.0. The number of carbonyl (C=O) groups excluding carboxylic acids is 1. The Labute approximate surface area is 197 Å². The first kappa shape index (κ1) is 22.6. The zero-order valence-electron chi connectivity index (χ0n) is 18.4. The van der Waals surface area contributed by atoms with Crippen LogP contribution in [0.4, 0.5) is 13.2 Å². The summed E-state index contributed by atoms with van der Waals surface area (Å²) in [5.41, 5.74) is 1.45. The molecule has 5 rings (SSSR count). The fraction of sp³-hybridized carbons (Fsp3) is 0.261. The van der Waals surface area contributed by atoms with E-state index >= 15 is 0 Å². The SMILES string of the molecule is Cc1ccc(-n2cccn2)c(C(=O)N2CCC[C@H]2c2nc(-c3ccccc3OC(F)(F)F)no2)n1. The molecular formula is C23H19F3N6O3. The Morgan fingerprint density at radius 2 is 1.97 bits per heavy atom. The topological polar surface area (TPSA) is 99.2 Å². The first-order valence-electron chi connectivity index (χ1n) is 10.8. The standard InChI is InChI=1S/C23H19F3N6O3/c1-14-9-10-16(32-13-5-11-27-32)19(28-14)22(33)31-12-4-7-17(31)21-29-20(30-35-21)15-6-2-3-8-18(15)34-23(24,25)26/h2-3,5-6,8-11,13,17H,4,7,12H2,1H3/t17-/m0/s1. The van der Waals surface area contributed by atoms with Crippen molar-refractivity contribution in [1.29, 1.82) is 0 Å². The van der Waals surface area contributed by atoms with Crippen LogP contribution in [-0.2, 0) is 0 Å². The van der Waals surface area contributed by atoms with Gasteiger partial charge in [0, 0.05) is 24.6 Å². The molecule has 0 saturated carbocycles. The number of carbonyl (C=O) groups is 1. The maximum atomic E-state index is 13.6. The van der Waals surface area contributed by atoms with Gasteiger partial charge in [0.1, 0.15) is 11.8 Å². The number of para-hydroxylation sites is 1. The number of likely N-dealkylation sites (tertiary alicyclic amines) is 1. The monoisotopic (exact) mass is 484 g/mol. The second kappa shape index (κ2) is 8.85. The maximum absolute atomic E-state index is 13.6. The maximum Gasteiger partial charge on any atom is 0.573 e. The molecule has 1 aliphatic rings. The first-order chi connectivity index (χ1) is 16.8. The molecule has 0 radical (unpaired) electrons. The summed E-state index contributed by atoms with van der Waals surface area (Å²) < 4.78 is 49.5. The number of halogens is 3. The summed E-state index contributed by atoms with van der Waals surface area (Å²) in [7, 11) is 0. The van der Waals surface area contributed by atoms with E-state index in [0.717, 1.165) is 0 Å². The van der Waals surface area contributed by atoms with Crippen molar-refractivity contribution in [3.63, 3.8) is 0 Å². The Morgan fingerprint density at radius 1 is 1.14 bits per heavy atom. The lowest BCUT2D eigenvalue weighted by atomic mass is 10.1. The fourth-order valence-corrected chi connectivity index (χ4v) is 4.05. The third-order valence-electron chi connectivity index (χ3n) is 5.56. The van der Waals surface area contributed by atoms with Gasteiger partial charge < -0.3 is 14.2 Å². The number of ether oxygens (including phenoxy) is 1. The number of nitrogens with zero attached hydrogens (tertiary/aromatic N) is 6. The summed E-state index contributed by atoms with van der Waals surface area (Å²) in [4.78, 5) is 23.9. The average molecular weight is 484 g/mol. The highest BCUT2D eigenvalue weighted by atomic mass is 19.4. The predicted octanol–water partition coefficient (Wildman–Crippen LogP) is 4.50. The van der Waals surface area contributed by atoms with Crippen molar-refractivity contribution in [2.24, 2.45) is 0 Å². The van der Waals surface area contributed by atoms with Crippen molar-refractivity contribution in [2.45, 2.75) is 32.2 Å². The number of amides is 1. The minimum Gasteiger partial charge on any atom is -0.405 e. The summed E-state index contributed by atoms with van der Waals surface area (Å²) in [6, 6.07) is 10.3. The van der Waals surface area contributed by atoms with Gasteiger partial charge in [0.25, 0.3) is 5.91 Å². The second-order valence-corrected chi connectivity index (χ2v) is 7.93. The fourth-order valence-electron chi connectivity index (χ4n) is 4.05. The van der Waals surface area contributed by atoms with Crippen LogP contribution < -0.4 is 4.74 Å². The molecule has 1 aromatic carbocycles. The van der Waals surface area contributed by atoms with Crippen molar-refractivity contribution in [1.82, 2.24) is 29.8 Å². The van der Waals surface area contributed by atoms with Crippen LogP contribution in [0, 0.1) is 6.92 Å². The molecule has 0 spiro atoms. The highest BCUT2D eigenvalue weighted by molar-refractivity contribution is 5.96. The molecule has 4 aromatic rings. The molecule has 4 heterocycles. The van der Waals surface area contributed by atoms with Crippen LogP contribution in [0.5, 0.6) is 5.75 Å². The molecule has 1 aliphatic heterocycles. The number of hydrogen-bond donors (Lipinski definition) is 0. The summed E-state index contributed by atoms with van der Waals surface area (Å²) in [6.45, 7) is 2.22. The molecule has 0 aliphatic carbocycles. The van der Waals surface area contributed by atoms with Crippen LogP contribution in [-0.4, -0.2) is 48.6 Å². The third-order valence-corrected chi connectivity index (χ3v) is 5.56. The van der Waals surface area contributed by atoms with Gasteiger partial charge in [0.05, 0.1) is 11.3 Å². The van der Waals surface area contributed by atoms with E-state index in [1.807, 2.05) is 0 Å². The molecule has 0 unspecified atom stereocenters. The van der Waals surface area contributed by atoms with E-state index in [4.69, 9.17) is 4.52 Å². The molecular weight excluding hydrogens is 465 g/mol. The van der Waals surface area contributed by atoms with Gasteiger partial charge in [-0.3, -0.25) is 4.79 Å². The highest BCUT2D eigenvalue weighted by Gasteiger charge is 2.37. The number of aromatic nitrogens is 5. The van der Waals surface area contributed by atoms with Crippen LogP contribution in [0.2, 0.25) is 0 Å². The third kappa shape index (κ3) is 4.59. The number of alkyl halides is 3. The average Bonchev–Trinajstić information content (AvgIpc) is 3.59. The quantitative estimate of drug-likeness (QED) is 0.411. The summed E-state index contributed by atoms with van der Waals surface area (Å²) in [5, 5.41) is 8.07. The Morgan fingerprint density at radius 3 is 2.74 bits per heavy atom. The molecule has 12 heteroatoms. The van der Waals surface area contributed by atoms with Gasteiger partial charge in [-0.05, 0) is 50.1 Å². The molecule has 1 saturated heterocycles. The lowest BCUT2D eigenvalue weighted by Gasteiger charge is -2.22. The summed E-state index contributed by atoms with van der Waals surface area (Å²) in [6.07, 6.45) is -0.311. The summed E-state index contributed by atoms with van der Waals surface area (Å²) in [5.74, 6) is -0.715. The van der Waals surface area contributed by atoms with E-state index in [9.17, 15) is 18.0 Å². The van der Waals surface area contributed by atoms with E-state index < -0.39 is 18.2 Å². The van der Waals surface area contributed by atoms with Crippen molar-refractivity contribution in [3.05, 3.63) is 72.1 Å². The molecule has 1 fully saturated rings. The highest BCUT2D eigenvalue weighted by Crippen LogP contribution is 2.36. The minimum absolute atomic E-state index is 0.0250. The summed E-state index contributed by atoms with van der Waals surface area (Å²) >= 11 is 0. The van der Waals surface area contributed by atoms with Crippen LogP contribution in [0.1, 0.15) is 41.0 Å². The van der Waals surface area contributed by atoms with Gasteiger partial charge in [-0.15, -0.1) is 13.2 Å². The van der Waals surface area contributed by atoms with Crippen LogP contribution >= 0.6 is 0 Å². The van der Waals surface area contributed by atoms with Gasteiger partial charge in [0.2, 0.25) is 11.7 Å². The van der Waals surface area contributed by atoms with E-state index in [2.05, 4.69) is 25.0 Å². The van der Waals surface area contributed by atoms with Crippen LogP contribution in [0.3, 0.4) is 0 Å². The number of pyridine rings is 1. The number of rotatable bonds is 5. The van der Waals surface area contributed by atoms with E-state index in [0.29, 0.717) is 30.8 Å². The Kier molecular flexibility index (Phi) is 5.71. The van der Waals surface area contributed by atoms with Crippen molar-refractivity contribution in [2.75, 3.05) is 6.54 Å². The largest absolute Gasteiger partial charge is 0.573 e. The Balaban J connectivity index is 1.45. The molecule has 35 heavy (non-hydrogen) atoms.